The first-order valence-corrected chi connectivity index (χ1v) is 9.41. The zero-order valence-corrected chi connectivity index (χ0v) is 15.6. The van der Waals surface area contributed by atoms with Gasteiger partial charge in [-0.3, -0.25) is 14.8 Å². The third-order valence-corrected chi connectivity index (χ3v) is 5.36. The molecule has 1 saturated heterocycles. The van der Waals surface area contributed by atoms with Gasteiger partial charge >= 0.3 is 0 Å². The van der Waals surface area contributed by atoms with Crippen LogP contribution in [0.3, 0.4) is 0 Å². The molecule has 0 atom stereocenters. The number of hydrogen-bond acceptors (Lipinski definition) is 4. The molecule has 6 nitrogen and oxygen atoms in total. The number of rotatable bonds is 5. The maximum atomic E-state index is 12.7. The lowest BCUT2D eigenvalue weighted by molar-refractivity contribution is 0.0621. The summed E-state index contributed by atoms with van der Waals surface area (Å²) in [5.74, 6) is 1.44. The molecular weight excluding hydrogens is 352 g/mol. The van der Waals surface area contributed by atoms with E-state index in [1.165, 1.54) is 12.8 Å². The van der Waals surface area contributed by atoms with Crippen LogP contribution < -0.4 is 4.74 Å². The first-order chi connectivity index (χ1) is 12.6. The summed E-state index contributed by atoms with van der Waals surface area (Å²) in [7, 11) is 1.67. The highest BCUT2D eigenvalue weighted by Gasteiger charge is 2.28. The highest BCUT2D eigenvalue weighted by Crippen LogP contribution is 2.39. The van der Waals surface area contributed by atoms with Gasteiger partial charge in [0.1, 0.15) is 11.4 Å². The Hall–Kier alpha value is -2.05. The van der Waals surface area contributed by atoms with Gasteiger partial charge in [-0.05, 0) is 37.1 Å². The maximum absolute atomic E-state index is 12.7. The van der Waals surface area contributed by atoms with E-state index in [0.717, 1.165) is 36.6 Å². The fourth-order valence-electron chi connectivity index (χ4n) is 3.43. The Bertz CT molecular complexity index is 795. The Morgan fingerprint density at radius 2 is 2.04 bits per heavy atom. The molecular formula is C19H23ClN4O2. The van der Waals surface area contributed by atoms with Crippen LogP contribution in [-0.2, 0) is 6.54 Å². The van der Waals surface area contributed by atoms with E-state index >= 15 is 0 Å². The fourth-order valence-corrected chi connectivity index (χ4v) is 3.63. The fraction of sp³-hybridized carbons (Fsp3) is 0.474. The van der Waals surface area contributed by atoms with Gasteiger partial charge in [0.05, 0.1) is 7.11 Å². The van der Waals surface area contributed by atoms with Crippen molar-refractivity contribution in [2.45, 2.75) is 25.3 Å². The molecule has 0 spiro atoms. The molecule has 1 saturated carbocycles. The zero-order chi connectivity index (χ0) is 18.1. The number of amides is 1. The Kier molecular flexibility index (Phi) is 4.87. The minimum atomic E-state index is 0.0214. The number of ether oxygens (including phenoxy) is 1. The largest absolute Gasteiger partial charge is 0.496 e. The molecule has 2 heterocycles. The number of H-pyrrole nitrogens is 1. The van der Waals surface area contributed by atoms with Crippen LogP contribution in [0.1, 0.15) is 40.5 Å². The molecule has 1 amide bonds. The molecule has 1 aromatic carbocycles. The van der Waals surface area contributed by atoms with Gasteiger partial charge in [0.2, 0.25) is 0 Å². The van der Waals surface area contributed by atoms with Gasteiger partial charge in [-0.15, -0.1) is 0 Å². The predicted molar refractivity (Wildman–Crippen MR) is 99.7 cm³/mol. The van der Waals surface area contributed by atoms with Crippen molar-refractivity contribution in [2.24, 2.45) is 0 Å². The Morgan fingerprint density at radius 1 is 1.27 bits per heavy atom. The van der Waals surface area contributed by atoms with E-state index in [0.29, 0.717) is 29.7 Å². The summed E-state index contributed by atoms with van der Waals surface area (Å²) >= 11 is 6.12. The molecule has 2 fully saturated rings. The van der Waals surface area contributed by atoms with Crippen molar-refractivity contribution in [3.05, 3.63) is 46.2 Å². The summed E-state index contributed by atoms with van der Waals surface area (Å²) in [5, 5.41) is 7.93. The van der Waals surface area contributed by atoms with Gasteiger partial charge in [-0.25, -0.2) is 0 Å². The van der Waals surface area contributed by atoms with Gasteiger partial charge in [-0.2, -0.15) is 5.10 Å². The maximum Gasteiger partial charge on any atom is 0.274 e. The number of carbonyl (C=O) groups excluding carboxylic acids is 1. The molecule has 2 aromatic rings. The molecule has 1 N–H and O–H groups in total. The average molecular weight is 375 g/mol. The molecule has 26 heavy (non-hydrogen) atoms. The van der Waals surface area contributed by atoms with Gasteiger partial charge in [0.15, 0.2) is 0 Å². The first-order valence-electron chi connectivity index (χ1n) is 9.03. The van der Waals surface area contributed by atoms with Crippen LogP contribution in [0.15, 0.2) is 24.3 Å². The van der Waals surface area contributed by atoms with Crippen LogP contribution in [0.2, 0.25) is 5.02 Å². The lowest BCUT2D eigenvalue weighted by Crippen LogP contribution is -2.48. The van der Waals surface area contributed by atoms with E-state index in [9.17, 15) is 4.79 Å². The second-order valence-corrected chi connectivity index (χ2v) is 7.44. The van der Waals surface area contributed by atoms with E-state index in [-0.39, 0.29) is 5.91 Å². The number of nitrogens with zero attached hydrogens (tertiary/aromatic N) is 3. The van der Waals surface area contributed by atoms with Gasteiger partial charge in [-0.1, -0.05) is 11.6 Å². The summed E-state index contributed by atoms with van der Waals surface area (Å²) in [5.41, 5.74) is 2.71. The molecule has 0 unspecified atom stereocenters. The molecule has 1 aliphatic heterocycles. The van der Waals surface area contributed by atoms with Crippen molar-refractivity contribution in [1.82, 2.24) is 20.0 Å². The number of benzene rings is 1. The summed E-state index contributed by atoms with van der Waals surface area (Å²) in [6.45, 7) is 3.81. The number of piperazine rings is 1. The second-order valence-electron chi connectivity index (χ2n) is 7.01. The van der Waals surface area contributed by atoms with E-state index in [1.807, 2.05) is 29.2 Å². The van der Waals surface area contributed by atoms with Crippen LogP contribution in [0.5, 0.6) is 5.75 Å². The zero-order valence-electron chi connectivity index (χ0n) is 14.9. The number of halogens is 1. The van der Waals surface area contributed by atoms with Crippen molar-refractivity contribution in [2.75, 3.05) is 33.3 Å². The molecule has 1 aromatic heterocycles. The molecule has 4 rings (SSSR count). The molecule has 7 heteroatoms. The second kappa shape index (κ2) is 7.29. The van der Waals surface area contributed by atoms with Gasteiger partial charge in [0.25, 0.3) is 5.91 Å². The SMILES string of the molecule is COc1ccc(Cl)cc1CN1CCN(C(=O)c2cc(C3CC3)[nH]n2)CC1. The molecule has 1 aliphatic carbocycles. The van der Waals surface area contributed by atoms with Crippen LogP contribution >= 0.6 is 11.6 Å². The summed E-state index contributed by atoms with van der Waals surface area (Å²) in [6, 6.07) is 7.59. The minimum Gasteiger partial charge on any atom is -0.496 e. The Labute approximate surface area is 158 Å². The minimum absolute atomic E-state index is 0.0214. The summed E-state index contributed by atoms with van der Waals surface area (Å²) in [4.78, 5) is 16.9. The quantitative estimate of drug-likeness (QED) is 0.874. The standard InChI is InChI=1S/C19H23ClN4O2/c1-26-18-5-4-15(20)10-14(18)12-23-6-8-24(9-7-23)19(25)17-11-16(21-22-17)13-2-3-13/h4-5,10-11,13H,2-3,6-9,12H2,1H3,(H,21,22). The molecule has 0 radical (unpaired) electrons. The highest BCUT2D eigenvalue weighted by molar-refractivity contribution is 6.30. The lowest BCUT2D eigenvalue weighted by Gasteiger charge is -2.34. The Morgan fingerprint density at radius 3 is 2.73 bits per heavy atom. The van der Waals surface area contributed by atoms with Crippen molar-refractivity contribution in [3.63, 3.8) is 0 Å². The van der Waals surface area contributed by atoms with Crippen LogP contribution in [0.4, 0.5) is 0 Å². The molecule has 138 valence electrons. The van der Waals surface area contributed by atoms with E-state index in [2.05, 4.69) is 15.1 Å². The summed E-state index contributed by atoms with van der Waals surface area (Å²) < 4.78 is 5.42. The van der Waals surface area contributed by atoms with Crippen molar-refractivity contribution < 1.29 is 9.53 Å². The van der Waals surface area contributed by atoms with E-state index in [4.69, 9.17) is 16.3 Å². The smallest absolute Gasteiger partial charge is 0.274 e. The van der Waals surface area contributed by atoms with E-state index in [1.54, 1.807) is 7.11 Å². The molecule has 0 bridgehead atoms. The summed E-state index contributed by atoms with van der Waals surface area (Å²) in [6.07, 6.45) is 2.39. The molecule has 2 aliphatic rings. The van der Waals surface area contributed by atoms with Crippen LogP contribution in [-0.4, -0.2) is 59.2 Å². The number of methoxy groups -OCH3 is 1. The number of hydrogen-bond donors (Lipinski definition) is 1. The van der Waals surface area contributed by atoms with Crippen LogP contribution in [0, 0.1) is 0 Å². The third kappa shape index (κ3) is 3.71. The van der Waals surface area contributed by atoms with Crippen molar-refractivity contribution >= 4 is 17.5 Å². The topological polar surface area (TPSA) is 61.5 Å². The van der Waals surface area contributed by atoms with E-state index < -0.39 is 0 Å². The van der Waals surface area contributed by atoms with Crippen molar-refractivity contribution in [3.8, 4) is 5.75 Å². The number of carbonyl (C=O) groups is 1. The number of aromatic nitrogens is 2. The van der Waals surface area contributed by atoms with Gasteiger partial charge < -0.3 is 9.64 Å². The normalized spacial score (nSPS) is 18.2. The third-order valence-electron chi connectivity index (χ3n) is 5.13. The van der Waals surface area contributed by atoms with Crippen molar-refractivity contribution in [1.29, 1.82) is 0 Å². The predicted octanol–water partition coefficient (Wildman–Crippen LogP) is 2.91. The monoisotopic (exact) mass is 374 g/mol. The average Bonchev–Trinajstić information content (AvgIpc) is 3.39. The van der Waals surface area contributed by atoms with Gasteiger partial charge in [0, 0.05) is 54.9 Å². The lowest BCUT2D eigenvalue weighted by atomic mass is 10.1. The highest BCUT2D eigenvalue weighted by atomic mass is 35.5. The number of aromatic amines is 1. The number of nitrogens with one attached hydrogen (secondary N) is 1. The first kappa shape index (κ1) is 17.4. The van der Waals surface area contributed by atoms with Crippen LogP contribution in [0.25, 0.3) is 0 Å². The Balaban J connectivity index is 1.35.